The molecule has 0 bridgehead atoms. The standard InChI is InChI=1S/C26H28ClN9O/c1-26(2,3)24(37)35-8-6-16(7-9-35)19-10-15(12-28)11-20(21(19)27)32-25-33-22(31-17-4-5-17)23-30-14-18(13-29)36(23)34-25/h10-11,14,16-17H,4-9H2,1-3H3,(H2,31,32,33,34). The third-order valence-electron chi connectivity index (χ3n) is 6.73. The molecule has 2 aromatic heterocycles. The van der Waals surface area contributed by atoms with Crippen molar-refractivity contribution in [3.63, 3.8) is 0 Å². The largest absolute Gasteiger partial charge is 0.364 e. The number of rotatable bonds is 5. The molecule has 1 aliphatic heterocycles. The number of nitriles is 2. The summed E-state index contributed by atoms with van der Waals surface area (Å²) in [5.41, 5.74) is 2.18. The molecule has 0 unspecified atom stereocenters. The molecule has 1 amide bonds. The number of likely N-dealkylation sites (tertiary alicyclic amines) is 1. The maximum atomic E-state index is 12.7. The Kier molecular flexibility index (Phi) is 6.38. The molecule has 37 heavy (non-hydrogen) atoms. The average Bonchev–Trinajstić information content (AvgIpc) is 3.60. The number of fused-ring (bicyclic) bond motifs is 1. The number of aromatic nitrogens is 4. The Bertz CT molecular complexity index is 1450. The lowest BCUT2D eigenvalue weighted by atomic mass is 9.86. The van der Waals surface area contributed by atoms with Crippen LogP contribution in [0.5, 0.6) is 0 Å². The number of carbonyl (C=O) groups is 1. The van der Waals surface area contributed by atoms with Crippen LogP contribution in [0.3, 0.4) is 0 Å². The SMILES string of the molecule is CC(C)(C)C(=O)N1CCC(c2cc(C#N)cc(Nc3nc(NC4CC4)c4ncc(C#N)n4n3)c2Cl)CC1. The highest BCUT2D eigenvalue weighted by Crippen LogP contribution is 2.39. The lowest BCUT2D eigenvalue weighted by Crippen LogP contribution is -2.43. The van der Waals surface area contributed by atoms with Crippen molar-refractivity contribution in [2.45, 2.75) is 58.4 Å². The first-order chi connectivity index (χ1) is 17.7. The van der Waals surface area contributed by atoms with Crippen LogP contribution in [-0.2, 0) is 4.79 Å². The van der Waals surface area contributed by atoms with Gasteiger partial charge in [-0.25, -0.2) is 4.98 Å². The van der Waals surface area contributed by atoms with E-state index in [1.807, 2.05) is 31.7 Å². The Labute approximate surface area is 220 Å². The number of hydrogen-bond acceptors (Lipinski definition) is 8. The van der Waals surface area contributed by atoms with E-state index in [4.69, 9.17) is 11.6 Å². The van der Waals surface area contributed by atoms with Crippen molar-refractivity contribution in [3.05, 3.63) is 40.2 Å². The van der Waals surface area contributed by atoms with Gasteiger partial charge in [0.15, 0.2) is 17.2 Å². The van der Waals surface area contributed by atoms with Gasteiger partial charge in [0.2, 0.25) is 11.9 Å². The molecular formula is C26H28ClN9O. The number of anilines is 3. The third-order valence-corrected chi connectivity index (χ3v) is 7.16. The van der Waals surface area contributed by atoms with Gasteiger partial charge in [0.1, 0.15) is 6.07 Å². The van der Waals surface area contributed by atoms with E-state index in [2.05, 4.69) is 37.8 Å². The Morgan fingerprint density at radius 3 is 2.49 bits per heavy atom. The highest BCUT2D eigenvalue weighted by atomic mass is 35.5. The summed E-state index contributed by atoms with van der Waals surface area (Å²) in [4.78, 5) is 23.5. The smallest absolute Gasteiger partial charge is 0.247 e. The van der Waals surface area contributed by atoms with Crippen LogP contribution in [0.25, 0.3) is 5.65 Å². The lowest BCUT2D eigenvalue weighted by molar-refractivity contribution is -0.140. The molecule has 2 fully saturated rings. The summed E-state index contributed by atoms with van der Waals surface area (Å²) in [5.74, 6) is 1.02. The minimum absolute atomic E-state index is 0.111. The van der Waals surface area contributed by atoms with E-state index in [0.717, 1.165) is 31.2 Å². The predicted molar refractivity (Wildman–Crippen MR) is 140 cm³/mol. The summed E-state index contributed by atoms with van der Waals surface area (Å²) in [5, 5.41) is 30.7. The van der Waals surface area contributed by atoms with Gasteiger partial charge in [-0.1, -0.05) is 32.4 Å². The summed E-state index contributed by atoms with van der Waals surface area (Å²) < 4.78 is 1.45. The fourth-order valence-electron chi connectivity index (χ4n) is 4.62. The van der Waals surface area contributed by atoms with Gasteiger partial charge in [0.05, 0.1) is 28.5 Å². The van der Waals surface area contributed by atoms with Crippen molar-refractivity contribution in [3.8, 4) is 12.1 Å². The maximum Gasteiger partial charge on any atom is 0.247 e. The highest BCUT2D eigenvalue weighted by molar-refractivity contribution is 6.34. The van der Waals surface area contributed by atoms with Gasteiger partial charge < -0.3 is 15.5 Å². The molecule has 1 saturated carbocycles. The Morgan fingerprint density at radius 1 is 1.14 bits per heavy atom. The molecular weight excluding hydrogens is 490 g/mol. The number of carbonyl (C=O) groups excluding carboxylic acids is 1. The maximum absolute atomic E-state index is 12.7. The van der Waals surface area contributed by atoms with E-state index < -0.39 is 5.41 Å². The van der Waals surface area contributed by atoms with E-state index in [1.165, 1.54) is 10.7 Å². The predicted octanol–water partition coefficient (Wildman–Crippen LogP) is 4.59. The second-order valence-corrected chi connectivity index (χ2v) is 11.1. The monoisotopic (exact) mass is 517 g/mol. The molecule has 1 aliphatic carbocycles. The molecule has 3 aromatic rings. The van der Waals surface area contributed by atoms with Crippen LogP contribution < -0.4 is 10.6 Å². The molecule has 1 saturated heterocycles. The number of nitrogens with one attached hydrogen (secondary N) is 2. The van der Waals surface area contributed by atoms with Gasteiger partial charge >= 0.3 is 0 Å². The molecule has 2 aliphatic rings. The van der Waals surface area contributed by atoms with Gasteiger partial charge in [0.25, 0.3) is 0 Å². The van der Waals surface area contributed by atoms with E-state index in [1.54, 1.807) is 6.07 Å². The van der Waals surface area contributed by atoms with Gasteiger partial charge in [-0.3, -0.25) is 4.79 Å². The average molecular weight is 518 g/mol. The molecule has 0 radical (unpaired) electrons. The van der Waals surface area contributed by atoms with Crippen molar-refractivity contribution in [1.29, 1.82) is 10.5 Å². The van der Waals surface area contributed by atoms with Gasteiger partial charge in [-0.05, 0) is 49.3 Å². The second-order valence-electron chi connectivity index (χ2n) is 10.7. The number of piperidine rings is 1. The van der Waals surface area contributed by atoms with Crippen LogP contribution >= 0.6 is 11.6 Å². The summed E-state index contributed by atoms with van der Waals surface area (Å²) >= 11 is 6.89. The summed E-state index contributed by atoms with van der Waals surface area (Å²) in [7, 11) is 0. The van der Waals surface area contributed by atoms with Gasteiger partial charge in [-0.2, -0.15) is 20.0 Å². The minimum atomic E-state index is -0.419. The van der Waals surface area contributed by atoms with Gasteiger partial charge in [0, 0.05) is 24.5 Å². The molecule has 0 atom stereocenters. The minimum Gasteiger partial charge on any atom is -0.364 e. The Balaban J connectivity index is 1.44. The summed E-state index contributed by atoms with van der Waals surface area (Å²) in [6, 6.07) is 8.14. The fraction of sp³-hybridized carbons (Fsp3) is 0.462. The first-order valence-electron chi connectivity index (χ1n) is 12.4. The molecule has 0 spiro atoms. The Morgan fingerprint density at radius 2 is 1.86 bits per heavy atom. The van der Waals surface area contributed by atoms with E-state index in [0.29, 0.717) is 46.9 Å². The molecule has 5 rings (SSSR count). The van der Waals surface area contributed by atoms with Crippen LogP contribution in [0, 0.1) is 28.1 Å². The molecule has 11 heteroatoms. The lowest BCUT2D eigenvalue weighted by Gasteiger charge is -2.36. The van der Waals surface area contributed by atoms with Crippen LogP contribution in [0.4, 0.5) is 17.5 Å². The van der Waals surface area contributed by atoms with Crippen molar-refractivity contribution >= 4 is 40.6 Å². The number of imidazole rings is 1. The zero-order valence-corrected chi connectivity index (χ0v) is 21.8. The zero-order valence-electron chi connectivity index (χ0n) is 21.0. The van der Waals surface area contributed by atoms with Crippen LogP contribution in [0.15, 0.2) is 18.3 Å². The molecule has 2 N–H and O–H groups in total. The topological polar surface area (TPSA) is 135 Å². The Hall–Kier alpha value is -3.89. The number of hydrogen-bond donors (Lipinski definition) is 2. The van der Waals surface area contributed by atoms with Crippen LogP contribution in [0.2, 0.25) is 5.02 Å². The van der Waals surface area contributed by atoms with E-state index in [9.17, 15) is 15.3 Å². The molecule has 10 nitrogen and oxygen atoms in total. The normalized spacial score (nSPS) is 16.3. The number of halogens is 1. The number of benzene rings is 1. The second kappa shape index (κ2) is 9.53. The number of nitrogens with zero attached hydrogens (tertiary/aromatic N) is 7. The first kappa shape index (κ1) is 24.8. The molecule has 3 heterocycles. The first-order valence-corrected chi connectivity index (χ1v) is 12.8. The van der Waals surface area contributed by atoms with Gasteiger partial charge in [-0.15, -0.1) is 5.10 Å². The van der Waals surface area contributed by atoms with Crippen molar-refractivity contribution in [2.75, 3.05) is 23.7 Å². The van der Waals surface area contributed by atoms with E-state index in [-0.39, 0.29) is 23.5 Å². The van der Waals surface area contributed by atoms with Crippen LogP contribution in [-0.4, -0.2) is 49.5 Å². The summed E-state index contributed by atoms with van der Waals surface area (Å²) in [6.07, 6.45) is 5.07. The van der Waals surface area contributed by atoms with Crippen molar-refractivity contribution in [1.82, 2.24) is 24.5 Å². The summed E-state index contributed by atoms with van der Waals surface area (Å²) in [6.45, 7) is 7.08. The quantitative estimate of drug-likeness (QED) is 0.501. The van der Waals surface area contributed by atoms with Crippen molar-refractivity contribution < 1.29 is 4.79 Å². The van der Waals surface area contributed by atoms with E-state index >= 15 is 0 Å². The fourth-order valence-corrected chi connectivity index (χ4v) is 4.93. The molecule has 190 valence electrons. The van der Waals surface area contributed by atoms with Crippen molar-refractivity contribution in [2.24, 2.45) is 5.41 Å². The zero-order chi connectivity index (χ0) is 26.3. The number of amides is 1. The van der Waals surface area contributed by atoms with Crippen LogP contribution in [0.1, 0.15) is 69.2 Å². The third kappa shape index (κ3) is 5.03. The highest BCUT2D eigenvalue weighted by Gasteiger charge is 2.32. The molecule has 1 aromatic carbocycles.